The highest BCUT2D eigenvalue weighted by Crippen LogP contribution is 2.32. The Morgan fingerprint density at radius 3 is 1.56 bits per heavy atom. The molecule has 0 amide bonds. The van der Waals surface area contributed by atoms with Gasteiger partial charge in [0, 0.05) is 0 Å². The van der Waals surface area contributed by atoms with Gasteiger partial charge >= 0.3 is 0 Å². The lowest BCUT2D eigenvalue weighted by atomic mass is 9.94. The molecule has 0 aromatic heterocycles. The SMILES string of the molecule is CC[C@H](C)Oc1c(C)c(C)c(C)c(C)c1C. The first kappa shape index (κ1) is 13.1. The summed E-state index contributed by atoms with van der Waals surface area (Å²) < 4.78 is 6.04. The highest BCUT2D eigenvalue weighted by Gasteiger charge is 2.14. The molecule has 1 rings (SSSR count). The summed E-state index contributed by atoms with van der Waals surface area (Å²) in [5.74, 6) is 1.09. The Morgan fingerprint density at radius 1 is 0.812 bits per heavy atom. The van der Waals surface area contributed by atoms with Crippen LogP contribution in [0.1, 0.15) is 48.1 Å². The van der Waals surface area contributed by atoms with Crippen LogP contribution in [0.25, 0.3) is 0 Å². The Labute approximate surface area is 99.8 Å². The quantitative estimate of drug-likeness (QED) is 0.733. The molecule has 0 aliphatic carbocycles. The van der Waals surface area contributed by atoms with Crippen molar-refractivity contribution in [3.05, 3.63) is 27.8 Å². The lowest BCUT2D eigenvalue weighted by Crippen LogP contribution is -2.13. The standard InChI is InChI=1S/C15H24O/c1-8-9(2)16-15-13(6)11(4)10(3)12(5)14(15)7/h9H,8H2,1-7H3/t9-/m0/s1. The van der Waals surface area contributed by atoms with E-state index in [-0.39, 0.29) is 0 Å². The third-order valence-corrected chi connectivity index (χ3v) is 3.83. The van der Waals surface area contributed by atoms with Gasteiger partial charge < -0.3 is 4.74 Å². The molecule has 1 nitrogen and oxygen atoms in total. The van der Waals surface area contributed by atoms with Gasteiger partial charge in [0.05, 0.1) is 6.10 Å². The molecule has 0 aliphatic rings. The van der Waals surface area contributed by atoms with E-state index in [0.29, 0.717) is 6.10 Å². The first-order valence-electron chi connectivity index (χ1n) is 6.13. The third kappa shape index (κ3) is 2.23. The molecule has 0 saturated heterocycles. The fourth-order valence-corrected chi connectivity index (χ4v) is 1.93. The van der Waals surface area contributed by atoms with Crippen LogP contribution >= 0.6 is 0 Å². The van der Waals surface area contributed by atoms with Gasteiger partial charge in [-0.05, 0) is 75.8 Å². The largest absolute Gasteiger partial charge is 0.490 e. The molecule has 0 heterocycles. The number of benzene rings is 1. The summed E-state index contributed by atoms with van der Waals surface area (Å²) in [7, 11) is 0. The van der Waals surface area contributed by atoms with Crippen LogP contribution in [0, 0.1) is 34.6 Å². The first-order chi connectivity index (χ1) is 7.40. The molecule has 1 atom stereocenters. The van der Waals surface area contributed by atoms with Crippen molar-refractivity contribution in [1.82, 2.24) is 0 Å². The Bertz CT molecular complexity index is 362. The Hall–Kier alpha value is -0.980. The predicted molar refractivity (Wildman–Crippen MR) is 70.5 cm³/mol. The average molecular weight is 220 g/mol. The second-order valence-corrected chi connectivity index (χ2v) is 4.79. The van der Waals surface area contributed by atoms with Crippen LogP contribution in [0.2, 0.25) is 0 Å². The van der Waals surface area contributed by atoms with Crippen LogP contribution in [0.15, 0.2) is 0 Å². The van der Waals surface area contributed by atoms with Crippen molar-refractivity contribution in [2.45, 2.75) is 61.0 Å². The topological polar surface area (TPSA) is 9.23 Å². The maximum absolute atomic E-state index is 6.04. The van der Waals surface area contributed by atoms with Gasteiger partial charge in [-0.25, -0.2) is 0 Å². The minimum atomic E-state index is 0.291. The van der Waals surface area contributed by atoms with Crippen molar-refractivity contribution in [3.8, 4) is 5.75 Å². The molecule has 0 radical (unpaired) electrons. The Balaban J connectivity index is 3.28. The van der Waals surface area contributed by atoms with Crippen LogP contribution in [-0.4, -0.2) is 6.10 Å². The maximum Gasteiger partial charge on any atom is 0.126 e. The van der Waals surface area contributed by atoms with Gasteiger partial charge in [-0.15, -0.1) is 0 Å². The monoisotopic (exact) mass is 220 g/mol. The number of ether oxygens (including phenoxy) is 1. The summed E-state index contributed by atoms with van der Waals surface area (Å²) in [4.78, 5) is 0. The molecule has 1 heteroatoms. The fraction of sp³-hybridized carbons (Fsp3) is 0.600. The summed E-state index contributed by atoms with van der Waals surface area (Å²) >= 11 is 0. The molecule has 0 bridgehead atoms. The first-order valence-corrected chi connectivity index (χ1v) is 6.13. The lowest BCUT2D eigenvalue weighted by Gasteiger charge is -2.21. The van der Waals surface area contributed by atoms with Gasteiger partial charge in [-0.1, -0.05) is 6.92 Å². The Kier molecular flexibility index (Phi) is 4.01. The van der Waals surface area contributed by atoms with E-state index in [1.165, 1.54) is 27.8 Å². The lowest BCUT2D eigenvalue weighted by molar-refractivity contribution is 0.214. The van der Waals surface area contributed by atoms with Crippen LogP contribution in [0.4, 0.5) is 0 Å². The van der Waals surface area contributed by atoms with Gasteiger partial charge in [-0.2, -0.15) is 0 Å². The van der Waals surface area contributed by atoms with Crippen molar-refractivity contribution in [3.63, 3.8) is 0 Å². The highest BCUT2D eigenvalue weighted by atomic mass is 16.5. The van der Waals surface area contributed by atoms with Gasteiger partial charge in [-0.3, -0.25) is 0 Å². The molecule has 0 spiro atoms. The van der Waals surface area contributed by atoms with Crippen molar-refractivity contribution in [1.29, 1.82) is 0 Å². The zero-order valence-electron chi connectivity index (χ0n) is 11.7. The molecule has 0 aliphatic heterocycles. The summed E-state index contributed by atoms with van der Waals surface area (Å²) in [6.45, 7) is 15.2. The normalized spacial score (nSPS) is 12.7. The fourth-order valence-electron chi connectivity index (χ4n) is 1.93. The van der Waals surface area contributed by atoms with E-state index in [0.717, 1.165) is 12.2 Å². The van der Waals surface area contributed by atoms with Gasteiger partial charge in [0.15, 0.2) is 0 Å². The van der Waals surface area contributed by atoms with Gasteiger partial charge in [0.25, 0.3) is 0 Å². The van der Waals surface area contributed by atoms with Crippen LogP contribution in [-0.2, 0) is 0 Å². The summed E-state index contributed by atoms with van der Waals surface area (Å²) in [6.07, 6.45) is 1.34. The molecule has 0 fully saturated rings. The number of rotatable bonds is 3. The number of hydrogen-bond donors (Lipinski definition) is 0. The summed E-state index contributed by atoms with van der Waals surface area (Å²) in [5, 5.41) is 0. The van der Waals surface area contributed by atoms with Gasteiger partial charge in [0.2, 0.25) is 0 Å². The van der Waals surface area contributed by atoms with Crippen LogP contribution in [0.3, 0.4) is 0 Å². The van der Waals surface area contributed by atoms with Gasteiger partial charge in [0.1, 0.15) is 5.75 Å². The molecule has 0 unspecified atom stereocenters. The zero-order valence-corrected chi connectivity index (χ0v) is 11.7. The molecular formula is C15H24O. The van der Waals surface area contributed by atoms with Crippen LogP contribution < -0.4 is 4.74 Å². The second kappa shape index (κ2) is 4.90. The molecule has 0 saturated carbocycles. The zero-order chi connectivity index (χ0) is 12.5. The van der Waals surface area contributed by atoms with Crippen molar-refractivity contribution >= 4 is 0 Å². The van der Waals surface area contributed by atoms with E-state index >= 15 is 0 Å². The van der Waals surface area contributed by atoms with E-state index in [2.05, 4.69) is 48.5 Å². The third-order valence-electron chi connectivity index (χ3n) is 3.83. The van der Waals surface area contributed by atoms with Crippen molar-refractivity contribution in [2.24, 2.45) is 0 Å². The minimum absolute atomic E-state index is 0.291. The molecule has 1 aromatic rings. The molecular weight excluding hydrogens is 196 g/mol. The van der Waals surface area contributed by atoms with Crippen LogP contribution in [0.5, 0.6) is 5.75 Å². The van der Waals surface area contributed by atoms with E-state index in [4.69, 9.17) is 4.74 Å². The molecule has 16 heavy (non-hydrogen) atoms. The number of hydrogen-bond acceptors (Lipinski definition) is 1. The molecule has 1 aromatic carbocycles. The highest BCUT2D eigenvalue weighted by molar-refractivity contribution is 5.53. The van der Waals surface area contributed by atoms with E-state index in [9.17, 15) is 0 Å². The van der Waals surface area contributed by atoms with E-state index in [1.807, 2.05) is 0 Å². The van der Waals surface area contributed by atoms with E-state index in [1.54, 1.807) is 0 Å². The second-order valence-electron chi connectivity index (χ2n) is 4.79. The average Bonchev–Trinajstić information content (AvgIpc) is 2.29. The van der Waals surface area contributed by atoms with Crippen molar-refractivity contribution in [2.75, 3.05) is 0 Å². The maximum atomic E-state index is 6.04. The van der Waals surface area contributed by atoms with E-state index < -0.39 is 0 Å². The molecule has 90 valence electrons. The summed E-state index contributed by atoms with van der Waals surface area (Å²) in [5.41, 5.74) is 6.70. The molecule has 0 N–H and O–H groups in total. The van der Waals surface area contributed by atoms with Crippen molar-refractivity contribution < 1.29 is 4.74 Å². The smallest absolute Gasteiger partial charge is 0.126 e. The predicted octanol–water partition coefficient (Wildman–Crippen LogP) is 4.41. The minimum Gasteiger partial charge on any atom is -0.490 e. The summed E-state index contributed by atoms with van der Waals surface area (Å²) in [6, 6.07) is 0. The Morgan fingerprint density at radius 2 is 1.19 bits per heavy atom.